The number of likely N-dealkylation sites (tertiary alicyclic amines) is 1. The Bertz CT molecular complexity index is 1400. The van der Waals surface area contributed by atoms with Crippen LogP contribution in [0.1, 0.15) is 40.2 Å². The van der Waals surface area contributed by atoms with Gasteiger partial charge in [0.25, 0.3) is 5.91 Å². The fraction of sp³-hybridized carbons (Fsp3) is 0.419. The highest BCUT2D eigenvalue weighted by atomic mass is 16.5. The van der Waals surface area contributed by atoms with Gasteiger partial charge in [0.15, 0.2) is 0 Å². The summed E-state index contributed by atoms with van der Waals surface area (Å²) in [4.78, 5) is 24.0. The molecular weight excluding hydrogens is 524 g/mol. The zero-order valence-electron chi connectivity index (χ0n) is 23.4. The number of carbonyl (C=O) groups is 1. The maximum atomic E-state index is 13.0. The fourth-order valence-electron chi connectivity index (χ4n) is 4.88. The predicted octanol–water partition coefficient (Wildman–Crippen LogP) is 3.66. The van der Waals surface area contributed by atoms with Gasteiger partial charge in [-0.3, -0.25) is 4.79 Å². The minimum absolute atomic E-state index is 0.0313. The number of ether oxygens (including phenoxy) is 5. The molecule has 2 aliphatic rings. The number of nitrogens with zero attached hydrogens (tertiary/aromatic N) is 4. The minimum Gasteiger partial charge on any atom is -0.496 e. The van der Waals surface area contributed by atoms with Crippen LogP contribution in [0.4, 0.5) is 0 Å². The Morgan fingerprint density at radius 2 is 1.88 bits per heavy atom. The summed E-state index contributed by atoms with van der Waals surface area (Å²) in [5, 5.41) is 9.75. The summed E-state index contributed by atoms with van der Waals surface area (Å²) in [7, 11) is 3.19. The van der Waals surface area contributed by atoms with Gasteiger partial charge in [0, 0.05) is 51.2 Å². The van der Waals surface area contributed by atoms with Gasteiger partial charge in [0.2, 0.25) is 0 Å². The van der Waals surface area contributed by atoms with Gasteiger partial charge in [0.05, 0.1) is 56.5 Å². The van der Waals surface area contributed by atoms with Crippen molar-refractivity contribution < 1.29 is 28.5 Å². The van der Waals surface area contributed by atoms with Gasteiger partial charge in [-0.1, -0.05) is 6.07 Å². The van der Waals surface area contributed by atoms with Crippen molar-refractivity contribution in [2.45, 2.75) is 31.5 Å². The first kappa shape index (κ1) is 28.5. The molecule has 10 nitrogen and oxygen atoms in total. The molecule has 0 spiro atoms. The van der Waals surface area contributed by atoms with E-state index < -0.39 is 0 Å². The van der Waals surface area contributed by atoms with E-state index in [2.05, 4.69) is 11.1 Å². The van der Waals surface area contributed by atoms with Crippen molar-refractivity contribution in [3.63, 3.8) is 0 Å². The average molecular weight is 559 g/mol. The van der Waals surface area contributed by atoms with E-state index in [4.69, 9.17) is 28.7 Å². The number of benzene rings is 2. The van der Waals surface area contributed by atoms with E-state index in [0.29, 0.717) is 80.1 Å². The minimum atomic E-state index is -0.0872. The van der Waals surface area contributed by atoms with Crippen LogP contribution < -0.4 is 9.47 Å². The largest absolute Gasteiger partial charge is 0.496 e. The van der Waals surface area contributed by atoms with Crippen LogP contribution >= 0.6 is 0 Å². The lowest BCUT2D eigenvalue weighted by atomic mass is 10.0. The molecule has 3 heterocycles. The predicted molar refractivity (Wildman–Crippen MR) is 150 cm³/mol. The second-order valence-electron chi connectivity index (χ2n) is 10.0. The Kier molecular flexibility index (Phi) is 9.41. The van der Waals surface area contributed by atoms with Gasteiger partial charge in [-0.05, 0) is 42.0 Å². The van der Waals surface area contributed by atoms with Gasteiger partial charge in [-0.2, -0.15) is 5.26 Å². The van der Waals surface area contributed by atoms with E-state index in [1.165, 1.54) is 0 Å². The third-order valence-corrected chi connectivity index (χ3v) is 7.20. The summed E-state index contributed by atoms with van der Waals surface area (Å²) in [6.07, 6.45) is 3.86. The maximum absolute atomic E-state index is 13.0. The summed E-state index contributed by atoms with van der Waals surface area (Å²) in [6.45, 7) is 3.48. The highest BCUT2D eigenvalue weighted by Crippen LogP contribution is 2.29. The Morgan fingerprint density at radius 3 is 2.63 bits per heavy atom. The molecule has 41 heavy (non-hydrogen) atoms. The van der Waals surface area contributed by atoms with Crippen LogP contribution in [0.5, 0.6) is 11.5 Å². The van der Waals surface area contributed by atoms with Crippen LogP contribution in [-0.4, -0.2) is 86.7 Å². The molecule has 0 aliphatic carbocycles. The maximum Gasteiger partial charge on any atom is 0.257 e. The first-order valence-corrected chi connectivity index (χ1v) is 13.8. The summed E-state index contributed by atoms with van der Waals surface area (Å²) in [6, 6.07) is 15.1. The van der Waals surface area contributed by atoms with Gasteiger partial charge >= 0.3 is 0 Å². The zero-order valence-corrected chi connectivity index (χ0v) is 23.4. The molecular formula is C31H34N4O6. The van der Waals surface area contributed by atoms with E-state index >= 15 is 0 Å². The molecule has 1 amide bonds. The SMILES string of the molecule is COCCOC1CN(C(=O)c2ccc(Cc3nccc(-c4ccc(OC5CCOCC5)c(C#N)c4)n3)cc2OC)C1. The Morgan fingerprint density at radius 1 is 1.05 bits per heavy atom. The van der Waals surface area contributed by atoms with Crippen molar-refractivity contribution in [3.8, 4) is 28.8 Å². The van der Waals surface area contributed by atoms with Crippen LogP contribution in [0.25, 0.3) is 11.3 Å². The summed E-state index contributed by atoms with van der Waals surface area (Å²) >= 11 is 0. The second kappa shape index (κ2) is 13.5. The number of nitriles is 1. The molecule has 3 aromatic rings. The van der Waals surface area contributed by atoms with Gasteiger partial charge in [0.1, 0.15) is 29.5 Å². The number of amides is 1. The average Bonchev–Trinajstić information content (AvgIpc) is 2.99. The van der Waals surface area contributed by atoms with Crippen molar-refractivity contribution in [1.29, 1.82) is 5.26 Å². The quantitative estimate of drug-likeness (QED) is 0.325. The molecule has 2 aromatic carbocycles. The Hall–Kier alpha value is -4.04. The normalized spacial score (nSPS) is 15.7. The lowest BCUT2D eigenvalue weighted by Gasteiger charge is -2.39. The third kappa shape index (κ3) is 7.00. The van der Waals surface area contributed by atoms with Crippen LogP contribution in [0, 0.1) is 11.3 Å². The summed E-state index contributed by atoms with van der Waals surface area (Å²) < 4.78 is 27.7. The van der Waals surface area contributed by atoms with Gasteiger partial charge in [-0.25, -0.2) is 9.97 Å². The number of carbonyl (C=O) groups excluding carboxylic acids is 1. The van der Waals surface area contributed by atoms with Crippen LogP contribution in [0.2, 0.25) is 0 Å². The zero-order chi connectivity index (χ0) is 28.6. The smallest absolute Gasteiger partial charge is 0.257 e. The molecule has 2 fully saturated rings. The van der Waals surface area contributed by atoms with Crippen molar-refractivity contribution in [2.75, 3.05) is 53.7 Å². The van der Waals surface area contributed by atoms with Crippen molar-refractivity contribution in [3.05, 3.63) is 71.2 Å². The van der Waals surface area contributed by atoms with E-state index in [-0.39, 0.29) is 18.1 Å². The molecule has 2 saturated heterocycles. The number of methoxy groups -OCH3 is 2. The molecule has 0 atom stereocenters. The lowest BCUT2D eigenvalue weighted by molar-refractivity contribution is -0.0555. The highest BCUT2D eigenvalue weighted by Gasteiger charge is 2.33. The number of hydrogen-bond acceptors (Lipinski definition) is 9. The molecule has 5 rings (SSSR count). The van der Waals surface area contributed by atoms with E-state index in [9.17, 15) is 10.1 Å². The number of hydrogen-bond donors (Lipinski definition) is 0. The lowest BCUT2D eigenvalue weighted by Crippen LogP contribution is -2.55. The highest BCUT2D eigenvalue weighted by molar-refractivity contribution is 5.97. The number of rotatable bonds is 11. The fourth-order valence-corrected chi connectivity index (χ4v) is 4.88. The third-order valence-electron chi connectivity index (χ3n) is 7.20. The molecule has 214 valence electrons. The van der Waals surface area contributed by atoms with Crippen LogP contribution in [-0.2, 0) is 20.6 Å². The van der Waals surface area contributed by atoms with Gasteiger partial charge < -0.3 is 28.6 Å². The van der Waals surface area contributed by atoms with Crippen LogP contribution in [0.15, 0.2) is 48.7 Å². The molecule has 10 heteroatoms. The first-order chi connectivity index (χ1) is 20.1. The van der Waals surface area contributed by atoms with Crippen molar-refractivity contribution >= 4 is 5.91 Å². The van der Waals surface area contributed by atoms with E-state index in [0.717, 1.165) is 24.0 Å². The van der Waals surface area contributed by atoms with Crippen molar-refractivity contribution in [1.82, 2.24) is 14.9 Å². The first-order valence-electron chi connectivity index (χ1n) is 13.8. The summed E-state index contributed by atoms with van der Waals surface area (Å²) in [5.41, 5.74) is 3.41. The second-order valence-corrected chi connectivity index (χ2v) is 10.0. The van der Waals surface area contributed by atoms with Gasteiger partial charge in [-0.15, -0.1) is 0 Å². The molecule has 2 aliphatic heterocycles. The molecule has 0 N–H and O–H groups in total. The number of aromatic nitrogens is 2. The van der Waals surface area contributed by atoms with Crippen LogP contribution in [0.3, 0.4) is 0 Å². The standard InChI is InChI=1S/C31H34N4O6/c1-37-13-14-40-25-19-35(20-25)31(36)26-5-3-21(15-29(26)38-2)16-30-33-10-7-27(34-30)22-4-6-28(23(17-22)18-32)41-24-8-11-39-12-9-24/h3-7,10,15,17,24-25H,8-9,11-14,16,19-20H2,1-2H3. The summed E-state index contributed by atoms with van der Waals surface area (Å²) in [5.74, 6) is 1.61. The van der Waals surface area contributed by atoms with Crippen molar-refractivity contribution in [2.24, 2.45) is 0 Å². The Balaban J connectivity index is 1.25. The molecule has 0 unspecified atom stereocenters. The molecule has 1 aromatic heterocycles. The van der Waals surface area contributed by atoms with E-state index in [1.54, 1.807) is 37.4 Å². The molecule has 0 saturated carbocycles. The molecule has 0 radical (unpaired) electrons. The molecule has 0 bridgehead atoms. The topological polar surface area (TPSA) is 116 Å². The Labute approximate surface area is 239 Å². The monoisotopic (exact) mass is 558 g/mol. The van der Waals surface area contributed by atoms with E-state index in [1.807, 2.05) is 30.3 Å².